The average Bonchev–Trinajstić information content (AvgIpc) is 2.39. The van der Waals surface area contributed by atoms with Crippen molar-refractivity contribution < 1.29 is 14.7 Å². The molecule has 6 heteroatoms. The number of carboxylic acid groups (broad SMARTS) is 1. The highest BCUT2D eigenvalue weighted by molar-refractivity contribution is 5.75. The van der Waals surface area contributed by atoms with Crippen molar-refractivity contribution in [2.75, 3.05) is 32.7 Å². The van der Waals surface area contributed by atoms with E-state index in [1.54, 1.807) is 4.90 Å². The van der Waals surface area contributed by atoms with E-state index >= 15 is 0 Å². The molecule has 1 unspecified atom stereocenters. The molecule has 1 atom stereocenters. The molecule has 0 aromatic heterocycles. The molecule has 1 aliphatic rings. The van der Waals surface area contributed by atoms with E-state index in [4.69, 9.17) is 5.11 Å². The Kier molecular flexibility index (Phi) is 6.62. The molecule has 0 aromatic rings. The molecule has 1 saturated heterocycles. The number of hydrogen-bond acceptors (Lipinski definition) is 3. The van der Waals surface area contributed by atoms with Crippen LogP contribution in [0.5, 0.6) is 0 Å². The van der Waals surface area contributed by atoms with Gasteiger partial charge in [-0.1, -0.05) is 6.92 Å². The first-order valence-corrected chi connectivity index (χ1v) is 7.06. The van der Waals surface area contributed by atoms with Crippen molar-refractivity contribution in [3.05, 3.63) is 0 Å². The number of nitrogens with one attached hydrogen (secondary N) is 1. The number of aliphatic carboxylic acids is 1. The number of carbonyl (C=O) groups excluding carboxylic acids is 1. The molecule has 2 amide bonds. The molecule has 1 rings (SSSR count). The van der Waals surface area contributed by atoms with Crippen LogP contribution in [0.15, 0.2) is 0 Å². The van der Waals surface area contributed by atoms with E-state index in [0.717, 1.165) is 32.5 Å². The van der Waals surface area contributed by atoms with Crippen molar-refractivity contribution >= 4 is 12.0 Å². The van der Waals surface area contributed by atoms with E-state index in [9.17, 15) is 9.59 Å². The average molecular weight is 271 g/mol. The number of nitrogens with zero attached hydrogens (tertiary/aromatic N) is 2. The molecule has 19 heavy (non-hydrogen) atoms. The van der Waals surface area contributed by atoms with E-state index in [2.05, 4.69) is 17.1 Å². The second-order valence-electron chi connectivity index (χ2n) is 4.91. The van der Waals surface area contributed by atoms with Crippen molar-refractivity contribution in [1.82, 2.24) is 15.1 Å². The fourth-order valence-electron chi connectivity index (χ4n) is 2.36. The van der Waals surface area contributed by atoms with Gasteiger partial charge in [0.2, 0.25) is 0 Å². The number of hydrogen-bond donors (Lipinski definition) is 2. The van der Waals surface area contributed by atoms with Crippen LogP contribution in [0.25, 0.3) is 0 Å². The number of likely N-dealkylation sites (N-methyl/N-ethyl adjacent to an activating group) is 1. The predicted octanol–water partition coefficient (Wildman–Crippen LogP) is 0.977. The van der Waals surface area contributed by atoms with Crippen LogP contribution in [0.1, 0.15) is 33.1 Å². The van der Waals surface area contributed by atoms with Gasteiger partial charge in [-0.3, -0.25) is 4.79 Å². The zero-order valence-electron chi connectivity index (χ0n) is 11.9. The maximum absolute atomic E-state index is 12.1. The molecular weight excluding hydrogens is 246 g/mol. The molecule has 0 radical (unpaired) electrons. The van der Waals surface area contributed by atoms with Crippen LogP contribution >= 0.6 is 0 Å². The van der Waals surface area contributed by atoms with Crippen molar-refractivity contribution in [2.24, 2.45) is 0 Å². The lowest BCUT2D eigenvalue weighted by Gasteiger charge is -2.33. The Balaban J connectivity index is 2.40. The first kappa shape index (κ1) is 15.8. The summed E-state index contributed by atoms with van der Waals surface area (Å²) in [5, 5.41) is 11.7. The Morgan fingerprint density at radius 2 is 2.16 bits per heavy atom. The highest BCUT2D eigenvalue weighted by atomic mass is 16.4. The number of carboxylic acids is 1. The number of amides is 2. The Morgan fingerprint density at radius 3 is 2.74 bits per heavy atom. The summed E-state index contributed by atoms with van der Waals surface area (Å²) in [6.07, 6.45) is 2.09. The van der Waals surface area contributed by atoms with Gasteiger partial charge in [0.25, 0.3) is 0 Å². The Bertz CT molecular complexity index is 310. The summed E-state index contributed by atoms with van der Waals surface area (Å²) in [6.45, 7) is 7.77. The summed E-state index contributed by atoms with van der Waals surface area (Å²) >= 11 is 0. The minimum Gasteiger partial charge on any atom is -0.481 e. The molecule has 110 valence electrons. The molecule has 1 fully saturated rings. The van der Waals surface area contributed by atoms with Crippen LogP contribution in [-0.4, -0.2) is 65.7 Å². The minimum absolute atomic E-state index is 0.00693. The third kappa shape index (κ3) is 5.46. The summed E-state index contributed by atoms with van der Waals surface area (Å²) < 4.78 is 0. The van der Waals surface area contributed by atoms with Gasteiger partial charge in [0.15, 0.2) is 0 Å². The van der Waals surface area contributed by atoms with Crippen LogP contribution < -0.4 is 5.32 Å². The van der Waals surface area contributed by atoms with Gasteiger partial charge in [0.1, 0.15) is 0 Å². The predicted molar refractivity (Wildman–Crippen MR) is 73.2 cm³/mol. The number of likely N-dealkylation sites (tertiary alicyclic amines) is 1. The lowest BCUT2D eigenvalue weighted by Crippen LogP contribution is -2.51. The zero-order chi connectivity index (χ0) is 14.3. The third-order valence-electron chi connectivity index (χ3n) is 3.54. The van der Waals surface area contributed by atoms with E-state index in [1.807, 2.05) is 6.92 Å². The van der Waals surface area contributed by atoms with Crippen LogP contribution in [0.3, 0.4) is 0 Å². The summed E-state index contributed by atoms with van der Waals surface area (Å²) in [5.41, 5.74) is 0. The molecule has 6 nitrogen and oxygen atoms in total. The smallest absolute Gasteiger partial charge is 0.317 e. The fourth-order valence-corrected chi connectivity index (χ4v) is 2.36. The van der Waals surface area contributed by atoms with Gasteiger partial charge in [0.05, 0.1) is 6.42 Å². The standard InChI is InChI=1S/C13H25N3O3/c1-3-15-8-5-6-11(10-15)14-13(19)16(4-2)9-7-12(17)18/h11H,3-10H2,1-2H3,(H,14,19)(H,17,18). The van der Waals surface area contributed by atoms with Crippen LogP contribution in [0.4, 0.5) is 4.79 Å². The highest BCUT2D eigenvalue weighted by Gasteiger charge is 2.22. The molecule has 0 aliphatic carbocycles. The molecule has 0 saturated carbocycles. The Labute approximate surface area is 114 Å². The number of piperidine rings is 1. The maximum atomic E-state index is 12.1. The quantitative estimate of drug-likeness (QED) is 0.755. The van der Waals surface area contributed by atoms with Crippen molar-refractivity contribution in [3.8, 4) is 0 Å². The van der Waals surface area contributed by atoms with Crippen molar-refractivity contribution in [2.45, 2.75) is 39.2 Å². The number of rotatable bonds is 6. The second kappa shape index (κ2) is 7.99. The van der Waals surface area contributed by atoms with Crippen molar-refractivity contribution in [1.29, 1.82) is 0 Å². The van der Waals surface area contributed by atoms with Gasteiger partial charge in [-0.15, -0.1) is 0 Å². The summed E-state index contributed by atoms with van der Waals surface area (Å²) in [4.78, 5) is 26.5. The van der Waals surface area contributed by atoms with E-state index in [-0.39, 0.29) is 25.0 Å². The second-order valence-corrected chi connectivity index (χ2v) is 4.91. The van der Waals surface area contributed by atoms with Gasteiger partial charge in [-0.25, -0.2) is 4.79 Å². The topological polar surface area (TPSA) is 72.9 Å². The van der Waals surface area contributed by atoms with E-state index in [0.29, 0.717) is 6.54 Å². The SMILES string of the molecule is CCN1CCCC(NC(=O)N(CC)CCC(=O)O)C1. The molecular formula is C13H25N3O3. The Morgan fingerprint density at radius 1 is 1.42 bits per heavy atom. The van der Waals surface area contributed by atoms with E-state index < -0.39 is 5.97 Å². The van der Waals surface area contributed by atoms with Gasteiger partial charge < -0.3 is 20.2 Å². The normalized spacial score (nSPS) is 20.0. The molecule has 2 N–H and O–H groups in total. The molecule has 0 spiro atoms. The first-order chi connectivity index (χ1) is 9.06. The minimum atomic E-state index is -0.874. The summed E-state index contributed by atoms with van der Waals surface area (Å²) in [6, 6.07) is 0.0341. The maximum Gasteiger partial charge on any atom is 0.317 e. The molecule has 1 heterocycles. The molecule has 0 bridgehead atoms. The van der Waals surface area contributed by atoms with Gasteiger partial charge in [0, 0.05) is 25.7 Å². The fraction of sp³-hybridized carbons (Fsp3) is 0.846. The van der Waals surface area contributed by atoms with Gasteiger partial charge in [-0.05, 0) is 32.9 Å². The summed E-state index contributed by atoms with van der Waals surface area (Å²) in [5.74, 6) is -0.874. The van der Waals surface area contributed by atoms with Crippen molar-refractivity contribution in [3.63, 3.8) is 0 Å². The monoisotopic (exact) mass is 271 g/mol. The highest BCUT2D eigenvalue weighted by Crippen LogP contribution is 2.10. The zero-order valence-corrected chi connectivity index (χ0v) is 11.9. The molecule has 0 aromatic carbocycles. The third-order valence-corrected chi connectivity index (χ3v) is 3.54. The number of carbonyl (C=O) groups is 2. The van der Waals surface area contributed by atoms with Crippen LogP contribution in [0.2, 0.25) is 0 Å². The Hall–Kier alpha value is -1.30. The van der Waals surface area contributed by atoms with Crippen LogP contribution in [0, 0.1) is 0 Å². The largest absolute Gasteiger partial charge is 0.481 e. The number of urea groups is 1. The summed E-state index contributed by atoms with van der Waals surface area (Å²) in [7, 11) is 0. The first-order valence-electron chi connectivity index (χ1n) is 7.06. The van der Waals surface area contributed by atoms with Gasteiger partial charge >= 0.3 is 12.0 Å². The van der Waals surface area contributed by atoms with E-state index in [1.165, 1.54) is 0 Å². The lowest BCUT2D eigenvalue weighted by molar-refractivity contribution is -0.137. The van der Waals surface area contributed by atoms with Crippen LogP contribution in [-0.2, 0) is 4.79 Å². The van der Waals surface area contributed by atoms with Gasteiger partial charge in [-0.2, -0.15) is 0 Å². The lowest BCUT2D eigenvalue weighted by atomic mass is 10.1. The molecule has 1 aliphatic heterocycles.